The van der Waals surface area contributed by atoms with Crippen molar-refractivity contribution in [3.8, 4) is 0 Å². The second-order valence-electron chi connectivity index (χ2n) is 2.01. The summed E-state index contributed by atoms with van der Waals surface area (Å²) in [6.07, 6.45) is 0.782. The number of hydrogen-bond donors (Lipinski definition) is 0. The molecule has 0 radical (unpaired) electrons. The Morgan fingerprint density at radius 3 is 2.31 bits per heavy atom. The molecule has 7 nitrogen and oxygen atoms in total. The maximum absolute atomic E-state index is 10.2. The summed E-state index contributed by atoms with van der Waals surface area (Å²) in [5, 5.41) is 20.0. The molecule has 1 aromatic rings. The lowest BCUT2D eigenvalue weighted by atomic mass is 10.4. The van der Waals surface area contributed by atoms with Gasteiger partial charge in [0.05, 0.1) is 4.92 Å². The van der Waals surface area contributed by atoms with Crippen LogP contribution >= 0.6 is 11.6 Å². The van der Waals surface area contributed by atoms with Gasteiger partial charge in [-0.05, 0) is 9.91 Å². The number of nitro groups is 2. The average Bonchev–Trinajstić information content (AvgIpc) is 2.03. The first-order chi connectivity index (χ1) is 6.02. The Balaban J connectivity index is 3.20. The highest BCUT2D eigenvalue weighted by molar-refractivity contribution is 6.32. The van der Waals surface area contributed by atoms with Crippen molar-refractivity contribution in [1.82, 2.24) is 4.98 Å². The van der Waals surface area contributed by atoms with Crippen LogP contribution in [0.25, 0.3) is 0 Å². The average molecular weight is 204 g/mol. The summed E-state index contributed by atoms with van der Waals surface area (Å²) in [6, 6.07) is 0.882. The van der Waals surface area contributed by atoms with Gasteiger partial charge in [0.1, 0.15) is 5.02 Å². The van der Waals surface area contributed by atoms with E-state index in [0.29, 0.717) is 0 Å². The van der Waals surface area contributed by atoms with Crippen molar-refractivity contribution in [2.45, 2.75) is 0 Å². The summed E-state index contributed by atoms with van der Waals surface area (Å²) in [4.78, 5) is 22.0. The monoisotopic (exact) mass is 203 g/mol. The van der Waals surface area contributed by atoms with Crippen LogP contribution in [0, 0.1) is 20.2 Å². The zero-order chi connectivity index (χ0) is 10.0. The predicted molar refractivity (Wildman–Crippen MR) is 42.6 cm³/mol. The largest absolute Gasteiger partial charge is 0.382 e. The first-order valence-electron chi connectivity index (χ1n) is 2.96. The number of nitrogens with zero attached hydrogens (tertiary/aromatic N) is 3. The topological polar surface area (TPSA) is 99.2 Å². The Bertz CT molecular complexity index is 380. The molecule has 0 fully saturated rings. The van der Waals surface area contributed by atoms with Gasteiger partial charge in [-0.15, -0.1) is 0 Å². The highest BCUT2D eigenvalue weighted by Gasteiger charge is 2.19. The van der Waals surface area contributed by atoms with Gasteiger partial charge in [-0.25, -0.2) is 0 Å². The van der Waals surface area contributed by atoms with E-state index in [-0.39, 0.29) is 10.7 Å². The van der Waals surface area contributed by atoms with Gasteiger partial charge in [0, 0.05) is 6.07 Å². The van der Waals surface area contributed by atoms with Gasteiger partial charge >= 0.3 is 11.5 Å². The van der Waals surface area contributed by atoms with E-state index in [0.717, 1.165) is 12.3 Å². The minimum absolute atomic E-state index is 0.348. The fourth-order valence-corrected chi connectivity index (χ4v) is 0.884. The molecule has 1 heterocycles. The van der Waals surface area contributed by atoms with Crippen LogP contribution < -0.4 is 0 Å². The van der Waals surface area contributed by atoms with E-state index in [2.05, 4.69) is 4.98 Å². The Morgan fingerprint density at radius 1 is 1.31 bits per heavy atom. The second-order valence-corrected chi connectivity index (χ2v) is 2.42. The van der Waals surface area contributed by atoms with Crippen LogP contribution in [0.1, 0.15) is 0 Å². The third-order valence-electron chi connectivity index (χ3n) is 1.19. The molecular formula is C5H2ClN3O4. The van der Waals surface area contributed by atoms with Crippen molar-refractivity contribution in [3.63, 3.8) is 0 Å². The van der Waals surface area contributed by atoms with Gasteiger partial charge in [-0.1, -0.05) is 11.6 Å². The van der Waals surface area contributed by atoms with E-state index in [1.807, 2.05) is 0 Å². The minimum atomic E-state index is -0.813. The maximum Gasteiger partial charge on any atom is 0.382 e. The number of pyridine rings is 1. The van der Waals surface area contributed by atoms with Crippen molar-refractivity contribution >= 4 is 23.1 Å². The molecule has 0 aliphatic rings. The van der Waals surface area contributed by atoms with E-state index in [9.17, 15) is 20.2 Å². The first-order valence-corrected chi connectivity index (χ1v) is 3.34. The SMILES string of the molecule is O=[N+]([O-])c1cnc([N+](=O)[O-])c(Cl)c1. The Labute approximate surface area is 76.3 Å². The standard InChI is InChI=1S/C5H2ClN3O4/c6-4-1-3(8(10)11)2-7-5(4)9(12)13/h1-2H. The molecule has 1 rings (SSSR count). The van der Waals surface area contributed by atoms with Gasteiger partial charge in [-0.2, -0.15) is 0 Å². The van der Waals surface area contributed by atoms with Crippen molar-refractivity contribution < 1.29 is 9.85 Å². The molecule has 0 saturated heterocycles. The van der Waals surface area contributed by atoms with Crippen LogP contribution in [0.4, 0.5) is 11.5 Å². The summed E-state index contributed by atoms with van der Waals surface area (Å²) < 4.78 is 0. The Morgan fingerprint density at radius 2 is 1.92 bits per heavy atom. The van der Waals surface area contributed by atoms with E-state index in [1.165, 1.54) is 0 Å². The third-order valence-corrected chi connectivity index (χ3v) is 1.47. The van der Waals surface area contributed by atoms with Gasteiger partial charge in [0.2, 0.25) is 6.20 Å². The lowest BCUT2D eigenvalue weighted by molar-refractivity contribution is -0.393. The summed E-state index contributed by atoms with van der Waals surface area (Å²) in [5.41, 5.74) is -0.379. The molecule has 0 bridgehead atoms. The molecule has 0 aliphatic heterocycles. The lowest BCUT2D eigenvalue weighted by Crippen LogP contribution is -1.95. The van der Waals surface area contributed by atoms with Crippen molar-refractivity contribution in [3.05, 3.63) is 37.5 Å². The van der Waals surface area contributed by atoms with Crippen molar-refractivity contribution in [2.24, 2.45) is 0 Å². The molecular weight excluding hydrogens is 202 g/mol. The molecule has 0 spiro atoms. The molecule has 1 aromatic heterocycles. The van der Waals surface area contributed by atoms with Gasteiger partial charge in [0.15, 0.2) is 0 Å². The highest BCUT2D eigenvalue weighted by atomic mass is 35.5. The number of aromatic nitrogens is 1. The summed E-state index contributed by atoms with van der Waals surface area (Å²) >= 11 is 5.36. The molecule has 68 valence electrons. The quantitative estimate of drug-likeness (QED) is 0.536. The first kappa shape index (κ1) is 9.33. The van der Waals surface area contributed by atoms with E-state index >= 15 is 0 Å². The van der Waals surface area contributed by atoms with E-state index in [1.54, 1.807) is 0 Å². The molecule has 8 heteroatoms. The molecule has 0 aromatic carbocycles. The maximum atomic E-state index is 10.2. The van der Waals surface area contributed by atoms with Crippen molar-refractivity contribution in [1.29, 1.82) is 0 Å². The second kappa shape index (κ2) is 3.31. The van der Waals surface area contributed by atoms with Crippen LogP contribution in [0.3, 0.4) is 0 Å². The van der Waals surface area contributed by atoms with Crippen LogP contribution in [0.2, 0.25) is 5.02 Å². The number of rotatable bonds is 2. The smallest absolute Gasteiger partial charge is 0.358 e. The van der Waals surface area contributed by atoms with Gasteiger partial charge < -0.3 is 10.1 Å². The normalized spacial score (nSPS) is 9.62. The van der Waals surface area contributed by atoms with Crippen LogP contribution in [0.15, 0.2) is 12.3 Å². The summed E-state index contributed by atoms with van der Waals surface area (Å²) in [7, 11) is 0. The number of halogens is 1. The molecule has 0 atom stereocenters. The molecule has 0 saturated carbocycles. The summed E-state index contributed by atoms with van der Waals surface area (Å²) in [6.45, 7) is 0. The fraction of sp³-hybridized carbons (Fsp3) is 0. The van der Waals surface area contributed by atoms with E-state index in [4.69, 9.17) is 11.6 Å². The van der Waals surface area contributed by atoms with Crippen LogP contribution in [-0.2, 0) is 0 Å². The Kier molecular flexibility index (Phi) is 2.38. The Hall–Kier alpha value is -1.76. The van der Waals surface area contributed by atoms with Crippen LogP contribution in [0.5, 0.6) is 0 Å². The molecule has 0 amide bonds. The molecule has 13 heavy (non-hydrogen) atoms. The fourth-order valence-electron chi connectivity index (χ4n) is 0.655. The van der Waals surface area contributed by atoms with E-state index < -0.39 is 15.7 Å². The van der Waals surface area contributed by atoms with Crippen LogP contribution in [-0.4, -0.2) is 14.8 Å². The minimum Gasteiger partial charge on any atom is -0.358 e. The molecule has 0 unspecified atom stereocenters. The summed E-state index contributed by atoms with van der Waals surface area (Å²) in [5.74, 6) is -0.590. The van der Waals surface area contributed by atoms with Gasteiger partial charge in [0.25, 0.3) is 0 Å². The third kappa shape index (κ3) is 1.88. The zero-order valence-electron chi connectivity index (χ0n) is 6.01. The molecule has 0 N–H and O–H groups in total. The lowest BCUT2D eigenvalue weighted by Gasteiger charge is -1.93. The van der Waals surface area contributed by atoms with Crippen molar-refractivity contribution in [2.75, 3.05) is 0 Å². The zero-order valence-corrected chi connectivity index (χ0v) is 6.76. The van der Waals surface area contributed by atoms with Gasteiger partial charge in [-0.3, -0.25) is 10.1 Å². The highest BCUT2D eigenvalue weighted by Crippen LogP contribution is 2.24. The predicted octanol–water partition coefficient (Wildman–Crippen LogP) is 1.55. The number of hydrogen-bond acceptors (Lipinski definition) is 5. The molecule has 0 aliphatic carbocycles.